The van der Waals surface area contributed by atoms with E-state index in [0.29, 0.717) is 5.69 Å². The molecular weight excluding hydrogens is 286 g/mol. The van der Waals surface area contributed by atoms with Crippen LogP contribution in [-0.2, 0) is 0 Å². The molecule has 0 radical (unpaired) electrons. The van der Waals surface area contributed by atoms with Crippen LogP contribution in [0.1, 0.15) is 10.4 Å². The molecule has 110 valence electrons. The number of benzene rings is 2. The number of aromatic amines is 1. The Morgan fingerprint density at radius 2 is 2.09 bits per heavy atom. The van der Waals surface area contributed by atoms with Gasteiger partial charge in [0, 0.05) is 22.7 Å². The van der Waals surface area contributed by atoms with Crippen molar-refractivity contribution in [2.24, 2.45) is 0 Å². The molecule has 0 aliphatic carbocycles. The summed E-state index contributed by atoms with van der Waals surface area (Å²) < 4.78 is 0. The van der Waals surface area contributed by atoms with Gasteiger partial charge in [-0.1, -0.05) is 0 Å². The van der Waals surface area contributed by atoms with E-state index in [1.165, 1.54) is 12.1 Å². The molecule has 0 aliphatic rings. The highest BCUT2D eigenvalue weighted by Crippen LogP contribution is 2.23. The monoisotopic (exact) mass is 297 g/mol. The zero-order valence-corrected chi connectivity index (χ0v) is 11.2. The summed E-state index contributed by atoms with van der Waals surface area (Å²) >= 11 is 0. The summed E-state index contributed by atoms with van der Waals surface area (Å²) in [5.74, 6) is -0.457. The largest absolute Gasteiger partial charge is 0.393 e. The number of fused-ring (bicyclic) bond motifs is 1. The lowest BCUT2D eigenvalue weighted by Crippen LogP contribution is -2.12. The van der Waals surface area contributed by atoms with Crippen LogP contribution in [0.3, 0.4) is 0 Å². The maximum absolute atomic E-state index is 12.2. The van der Waals surface area contributed by atoms with Crippen LogP contribution in [-0.4, -0.2) is 21.0 Å². The maximum atomic E-state index is 12.2. The second kappa shape index (κ2) is 5.17. The number of nitrogens with zero attached hydrogens (tertiary/aromatic N) is 2. The molecule has 4 N–H and O–H groups in total. The van der Waals surface area contributed by atoms with Gasteiger partial charge in [0.2, 0.25) is 0 Å². The van der Waals surface area contributed by atoms with Crippen LogP contribution in [0, 0.1) is 10.1 Å². The Bertz CT molecular complexity index is 887. The number of H-pyrrole nitrogens is 1. The first-order chi connectivity index (χ1) is 10.5. The fourth-order valence-corrected chi connectivity index (χ4v) is 2.06. The van der Waals surface area contributed by atoms with Gasteiger partial charge >= 0.3 is 0 Å². The van der Waals surface area contributed by atoms with Crippen molar-refractivity contribution in [1.29, 1.82) is 0 Å². The molecule has 3 aromatic rings. The fourth-order valence-electron chi connectivity index (χ4n) is 2.06. The summed E-state index contributed by atoms with van der Waals surface area (Å²) in [5.41, 5.74) is 6.72. The third kappa shape index (κ3) is 2.44. The fraction of sp³-hybridized carbons (Fsp3) is 0. The summed E-state index contributed by atoms with van der Waals surface area (Å²) in [6.45, 7) is 0. The standard InChI is InChI=1S/C14H11N5O3/c15-11-4-2-8(5-13(11)19(21)22)14(20)17-10-3-1-9-7-16-18-12(9)6-10/h1-7H,15H2,(H,16,18)(H,17,20). The number of anilines is 2. The summed E-state index contributed by atoms with van der Waals surface area (Å²) in [6.07, 6.45) is 1.67. The van der Waals surface area contributed by atoms with Crippen molar-refractivity contribution in [3.63, 3.8) is 0 Å². The van der Waals surface area contributed by atoms with Gasteiger partial charge in [-0.15, -0.1) is 0 Å². The number of nitrogen functional groups attached to an aromatic ring is 1. The minimum atomic E-state index is -0.622. The third-order valence-electron chi connectivity index (χ3n) is 3.19. The van der Waals surface area contributed by atoms with Crippen LogP contribution < -0.4 is 11.1 Å². The van der Waals surface area contributed by atoms with E-state index in [9.17, 15) is 14.9 Å². The number of hydrogen-bond donors (Lipinski definition) is 3. The normalized spacial score (nSPS) is 10.5. The highest BCUT2D eigenvalue weighted by Gasteiger charge is 2.15. The summed E-state index contributed by atoms with van der Waals surface area (Å²) in [7, 11) is 0. The van der Waals surface area contributed by atoms with Crippen molar-refractivity contribution >= 4 is 33.9 Å². The van der Waals surface area contributed by atoms with Crippen molar-refractivity contribution in [3.05, 3.63) is 58.3 Å². The first kappa shape index (κ1) is 13.6. The SMILES string of the molecule is Nc1ccc(C(=O)Nc2ccc3cn[nH]c3c2)cc1[N+](=O)[O-]. The predicted molar refractivity (Wildman–Crippen MR) is 81.6 cm³/mol. The van der Waals surface area contributed by atoms with Crippen molar-refractivity contribution < 1.29 is 9.72 Å². The average molecular weight is 297 g/mol. The number of amides is 1. The van der Waals surface area contributed by atoms with Crippen molar-refractivity contribution in [1.82, 2.24) is 10.2 Å². The van der Waals surface area contributed by atoms with Gasteiger partial charge in [-0.2, -0.15) is 5.10 Å². The Balaban J connectivity index is 1.87. The van der Waals surface area contributed by atoms with Crippen molar-refractivity contribution in [3.8, 4) is 0 Å². The van der Waals surface area contributed by atoms with Gasteiger partial charge in [0.05, 0.1) is 16.6 Å². The Hall–Kier alpha value is -3.42. The number of nitrogens with two attached hydrogens (primary N) is 1. The number of carbonyl (C=O) groups is 1. The molecule has 1 aromatic heterocycles. The van der Waals surface area contributed by atoms with E-state index >= 15 is 0 Å². The molecule has 1 amide bonds. The van der Waals surface area contributed by atoms with Gasteiger partial charge in [-0.05, 0) is 30.3 Å². The van der Waals surface area contributed by atoms with E-state index in [2.05, 4.69) is 15.5 Å². The van der Waals surface area contributed by atoms with E-state index in [1.54, 1.807) is 24.4 Å². The first-order valence-corrected chi connectivity index (χ1v) is 6.33. The number of nitrogens with one attached hydrogen (secondary N) is 2. The zero-order valence-electron chi connectivity index (χ0n) is 11.2. The second-order valence-corrected chi connectivity index (χ2v) is 4.66. The molecule has 8 nitrogen and oxygen atoms in total. The molecular formula is C14H11N5O3. The Labute approximate surface area is 124 Å². The van der Waals surface area contributed by atoms with Gasteiger partial charge in [-0.3, -0.25) is 20.0 Å². The van der Waals surface area contributed by atoms with Gasteiger partial charge in [0.25, 0.3) is 11.6 Å². The molecule has 8 heteroatoms. The molecule has 2 aromatic carbocycles. The quantitative estimate of drug-likeness (QED) is 0.388. The summed E-state index contributed by atoms with van der Waals surface area (Å²) in [5, 5.41) is 21.1. The molecule has 1 heterocycles. The smallest absolute Gasteiger partial charge is 0.292 e. The van der Waals surface area contributed by atoms with Gasteiger partial charge in [-0.25, -0.2) is 0 Å². The van der Waals surface area contributed by atoms with Gasteiger partial charge < -0.3 is 11.1 Å². The Morgan fingerprint density at radius 3 is 2.86 bits per heavy atom. The number of nitro groups is 1. The van der Waals surface area contributed by atoms with E-state index in [-0.39, 0.29) is 16.9 Å². The van der Waals surface area contributed by atoms with E-state index < -0.39 is 10.8 Å². The van der Waals surface area contributed by atoms with Gasteiger partial charge in [0.1, 0.15) is 5.69 Å². The second-order valence-electron chi connectivity index (χ2n) is 4.66. The number of carbonyl (C=O) groups excluding carboxylic acids is 1. The lowest BCUT2D eigenvalue weighted by Gasteiger charge is -2.06. The first-order valence-electron chi connectivity index (χ1n) is 6.33. The van der Waals surface area contributed by atoms with Crippen LogP contribution >= 0.6 is 0 Å². The van der Waals surface area contributed by atoms with Crippen LogP contribution in [0.15, 0.2) is 42.6 Å². The van der Waals surface area contributed by atoms with Crippen molar-refractivity contribution in [2.75, 3.05) is 11.1 Å². The number of aromatic nitrogens is 2. The molecule has 0 saturated carbocycles. The molecule has 0 aliphatic heterocycles. The molecule has 0 saturated heterocycles. The number of nitro benzene ring substituents is 1. The molecule has 0 bridgehead atoms. The molecule has 0 fully saturated rings. The summed E-state index contributed by atoms with van der Waals surface area (Å²) in [6, 6.07) is 9.18. The lowest BCUT2D eigenvalue weighted by atomic mass is 10.1. The number of hydrogen-bond acceptors (Lipinski definition) is 5. The van der Waals surface area contributed by atoms with Crippen LogP contribution in [0.4, 0.5) is 17.1 Å². The maximum Gasteiger partial charge on any atom is 0.292 e. The van der Waals surface area contributed by atoms with Crippen LogP contribution in [0.25, 0.3) is 10.9 Å². The highest BCUT2D eigenvalue weighted by atomic mass is 16.6. The zero-order chi connectivity index (χ0) is 15.7. The topological polar surface area (TPSA) is 127 Å². The molecule has 22 heavy (non-hydrogen) atoms. The highest BCUT2D eigenvalue weighted by molar-refractivity contribution is 6.05. The van der Waals surface area contributed by atoms with E-state index in [4.69, 9.17) is 5.73 Å². The minimum absolute atomic E-state index is 0.0143. The molecule has 0 unspecified atom stereocenters. The Morgan fingerprint density at radius 1 is 1.27 bits per heavy atom. The van der Waals surface area contributed by atoms with E-state index in [0.717, 1.165) is 17.0 Å². The molecule has 0 spiro atoms. The molecule has 3 rings (SSSR count). The Kier molecular flexibility index (Phi) is 3.18. The number of rotatable bonds is 3. The predicted octanol–water partition coefficient (Wildman–Crippen LogP) is 2.31. The summed E-state index contributed by atoms with van der Waals surface area (Å²) in [4.78, 5) is 22.4. The van der Waals surface area contributed by atoms with Gasteiger partial charge in [0.15, 0.2) is 0 Å². The van der Waals surface area contributed by atoms with Crippen LogP contribution in [0.2, 0.25) is 0 Å². The van der Waals surface area contributed by atoms with E-state index in [1.807, 2.05) is 0 Å². The van der Waals surface area contributed by atoms with Crippen LogP contribution in [0.5, 0.6) is 0 Å². The van der Waals surface area contributed by atoms with Crippen molar-refractivity contribution in [2.45, 2.75) is 0 Å². The molecule has 0 atom stereocenters. The third-order valence-corrected chi connectivity index (χ3v) is 3.19. The lowest BCUT2D eigenvalue weighted by molar-refractivity contribution is -0.383. The minimum Gasteiger partial charge on any atom is -0.393 e. The average Bonchev–Trinajstić information content (AvgIpc) is 2.94.